The van der Waals surface area contributed by atoms with E-state index in [1.54, 1.807) is 0 Å². The Labute approximate surface area is 133 Å². The van der Waals surface area contributed by atoms with Crippen molar-refractivity contribution in [3.8, 4) is 0 Å². The van der Waals surface area contributed by atoms with Crippen LogP contribution < -0.4 is 29.6 Å². The molecule has 0 atom stereocenters. The van der Waals surface area contributed by atoms with Crippen molar-refractivity contribution in [2.24, 2.45) is 0 Å². The van der Waals surface area contributed by atoms with Crippen LogP contribution in [0.1, 0.15) is 18.1 Å². The van der Waals surface area contributed by atoms with Gasteiger partial charge < -0.3 is 1.43 Å². The first kappa shape index (κ1) is 19.7. The molecule has 1 aromatic rings. The molecule has 11 heteroatoms. The Morgan fingerprint density at radius 1 is 1.00 bits per heavy atom. The summed E-state index contributed by atoms with van der Waals surface area (Å²) in [7, 11) is -5.04. The zero-order valence-electron chi connectivity index (χ0n) is 10.9. The SMILES string of the molecule is O=S(=O)(O)Cc1c(C(F)(F)F)cccc1C(F)(F)F.[H-].[Na+]. The van der Waals surface area contributed by atoms with E-state index in [1.807, 2.05) is 0 Å². The van der Waals surface area contributed by atoms with E-state index in [0.717, 1.165) is 0 Å². The molecular weight excluding hydrogens is 325 g/mol. The van der Waals surface area contributed by atoms with Gasteiger partial charge >= 0.3 is 41.9 Å². The minimum Gasteiger partial charge on any atom is -1.00 e. The van der Waals surface area contributed by atoms with Gasteiger partial charge in [-0.15, -0.1) is 0 Å². The predicted molar refractivity (Wildman–Crippen MR) is 52.8 cm³/mol. The molecule has 0 spiro atoms. The fourth-order valence-electron chi connectivity index (χ4n) is 1.46. The topological polar surface area (TPSA) is 54.4 Å². The van der Waals surface area contributed by atoms with Crippen molar-refractivity contribution in [3.05, 3.63) is 34.9 Å². The average Bonchev–Trinajstić information content (AvgIpc) is 2.11. The van der Waals surface area contributed by atoms with Crippen LogP contribution in [0, 0.1) is 0 Å². The first-order valence-electron chi connectivity index (χ1n) is 4.54. The molecule has 1 N–H and O–H groups in total. The van der Waals surface area contributed by atoms with Gasteiger partial charge in [0.15, 0.2) is 0 Å². The molecule has 0 fully saturated rings. The molecule has 0 radical (unpaired) electrons. The smallest absolute Gasteiger partial charge is 1.00 e. The summed E-state index contributed by atoms with van der Waals surface area (Å²) >= 11 is 0. The molecule has 0 bridgehead atoms. The van der Waals surface area contributed by atoms with Crippen LogP contribution in [-0.4, -0.2) is 13.0 Å². The van der Waals surface area contributed by atoms with Gasteiger partial charge in [0.2, 0.25) is 0 Å². The molecule has 0 heterocycles. The Hall–Kier alpha value is -0.290. The largest absolute Gasteiger partial charge is 1.00 e. The maximum atomic E-state index is 12.5. The van der Waals surface area contributed by atoms with E-state index in [0.29, 0.717) is 18.2 Å². The van der Waals surface area contributed by atoms with E-state index < -0.39 is 44.9 Å². The van der Waals surface area contributed by atoms with Gasteiger partial charge in [-0.05, 0) is 17.7 Å². The Morgan fingerprint density at radius 2 is 1.35 bits per heavy atom. The van der Waals surface area contributed by atoms with Crippen LogP contribution in [0.4, 0.5) is 26.3 Å². The molecule has 0 saturated carbocycles. The van der Waals surface area contributed by atoms with Crippen molar-refractivity contribution in [2.75, 3.05) is 0 Å². The Balaban J connectivity index is 0. The summed E-state index contributed by atoms with van der Waals surface area (Å²) in [6.45, 7) is 0. The minimum absolute atomic E-state index is 0. The van der Waals surface area contributed by atoms with Crippen LogP contribution in [0.25, 0.3) is 0 Å². The Morgan fingerprint density at radius 3 is 1.60 bits per heavy atom. The third-order valence-electron chi connectivity index (χ3n) is 2.11. The Bertz CT molecular complexity index is 552. The summed E-state index contributed by atoms with van der Waals surface area (Å²) < 4.78 is 105. The fourth-order valence-corrected chi connectivity index (χ4v) is 2.13. The summed E-state index contributed by atoms with van der Waals surface area (Å²) in [5.74, 6) is -1.77. The van der Waals surface area contributed by atoms with Crippen LogP contribution in [0.2, 0.25) is 0 Å². The second-order valence-corrected chi connectivity index (χ2v) is 5.01. The van der Waals surface area contributed by atoms with Crippen molar-refractivity contribution in [2.45, 2.75) is 18.1 Å². The van der Waals surface area contributed by atoms with Crippen molar-refractivity contribution >= 4 is 10.1 Å². The van der Waals surface area contributed by atoms with E-state index in [-0.39, 0.29) is 31.0 Å². The average molecular weight is 332 g/mol. The molecule has 1 rings (SSSR count). The van der Waals surface area contributed by atoms with Gasteiger partial charge in [-0.2, -0.15) is 34.8 Å². The molecule has 0 aliphatic heterocycles. The minimum atomic E-state index is -5.17. The molecule has 0 aliphatic rings. The molecule has 0 unspecified atom stereocenters. The summed E-state index contributed by atoms with van der Waals surface area (Å²) in [6.07, 6.45) is -10.3. The van der Waals surface area contributed by atoms with E-state index in [1.165, 1.54) is 0 Å². The number of hydrogen-bond donors (Lipinski definition) is 1. The quantitative estimate of drug-likeness (QED) is 0.479. The standard InChI is InChI=1S/C9H6F6O3S.Na.H/c10-8(11,12)6-2-1-3-7(9(13,14)15)5(6)4-19(16,17)18;;/h1-3H,4H2,(H,16,17,18);;/q;+1;-1. The summed E-state index contributed by atoms with van der Waals surface area (Å²) in [4.78, 5) is 0. The van der Waals surface area contributed by atoms with Gasteiger partial charge in [-0.3, -0.25) is 4.55 Å². The van der Waals surface area contributed by atoms with Gasteiger partial charge in [0.1, 0.15) is 5.75 Å². The maximum Gasteiger partial charge on any atom is 1.00 e. The molecular formula is C9H7F6NaO3S. The van der Waals surface area contributed by atoms with Crippen molar-refractivity contribution in [1.29, 1.82) is 0 Å². The van der Waals surface area contributed by atoms with Crippen molar-refractivity contribution in [3.63, 3.8) is 0 Å². The molecule has 20 heavy (non-hydrogen) atoms. The van der Waals surface area contributed by atoms with Crippen LogP contribution in [0.15, 0.2) is 18.2 Å². The van der Waals surface area contributed by atoms with E-state index in [2.05, 4.69) is 0 Å². The number of halogens is 6. The van der Waals surface area contributed by atoms with Crippen LogP contribution >= 0.6 is 0 Å². The number of benzene rings is 1. The number of hydrogen-bond acceptors (Lipinski definition) is 2. The van der Waals surface area contributed by atoms with Crippen LogP contribution in [-0.2, 0) is 28.2 Å². The zero-order chi connectivity index (χ0) is 15.1. The molecule has 0 aliphatic carbocycles. The summed E-state index contributed by atoms with van der Waals surface area (Å²) in [6, 6.07) is 1.14. The molecule has 3 nitrogen and oxygen atoms in total. The normalized spacial score (nSPS) is 12.9. The first-order valence-corrected chi connectivity index (χ1v) is 6.15. The van der Waals surface area contributed by atoms with Gasteiger partial charge in [-0.1, -0.05) is 6.07 Å². The zero-order valence-corrected chi connectivity index (χ0v) is 12.7. The number of rotatable bonds is 2. The maximum absolute atomic E-state index is 12.5. The van der Waals surface area contributed by atoms with Gasteiger partial charge in [0.05, 0.1) is 11.1 Å². The molecule has 0 saturated heterocycles. The molecule has 1 aromatic carbocycles. The van der Waals surface area contributed by atoms with Gasteiger partial charge in [-0.25, -0.2) is 0 Å². The van der Waals surface area contributed by atoms with Crippen LogP contribution in [0.3, 0.4) is 0 Å². The van der Waals surface area contributed by atoms with Crippen molar-refractivity contribution < 1.29 is 70.3 Å². The van der Waals surface area contributed by atoms with E-state index in [9.17, 15) is 34.8 Å². The van der Waals surface area contributed by atoms with Gasteiger partial charge in [0, 0.05) is 0 Å². The molecule has 110 valence electrons. The third kappa shape index (κ3) is 5.24. The summed E-state index contributed by atoms with van der Waals surface area (Å²) in [5.41, 5.74) is -5.02. The molecule has 0 aromatic heterocycles. The monoisotopic (exact) mass is 332 g/mol. The first-order chi connectivity index (χ1) is 8.32. The second-order valence-electron chi connectivity index (χ2n) is 3.55. The van der Waals surface area contributed by atoms with E-state index >= 15 is 0 Å². The van der Waals surface area contributed by atoms with Gasteiger partial charge in [0.25, 0.3) is 10.1 Å². The third-order valence-corrected chi connectivity index (χ3v) is 2.77. The van der Waals surface area contributed by atoms with E-state index in [4.69, 9.17) is 4.55 Å². The predicted octanol–water partition coefficient (Wildman–Crippen LogP) is 0.229. The van der Waals surface area contributed by atoms with Crippen molar-refractivity contribution in [1.82, 2.24) is 0 Å². The Kier molecular flexibility index (Phi) is 6.13. The van der Waals surface area contributed by atoms with Crippen LogP contribution in [0.5, 0.6) is 0 Å². The number of alkyl halides is 6. The fraction of sp³-hybridized carbons (Fsp3) is 0.333. The molecule has 0 amide bonds. The second kappa shape index (κ2) is 6.22. The summed E-state index contributed by atoms with van der Waals surface area (Å²) in [5, 5.41) is 0.